The topological polar surface area (TPSA) is 75.0 Å². The summed E-state index contributed by atoms with van der Waals surface area (Å²) in [7, 11) is 0. The first kappa shape index (κ1) is 47.3. The molecule has 0 saturated heterocycles. The highest BCUT2D eigenvalue weighted by Gasteiger charge is 2.79. The predicted octanol–water partition coefficient (Wildman–Crippen LogP) is 12.4. The predicted molar refractivity (Wildman–Crippen MR) is 190 cm³/mol. The van der Waals surface area contributed by atoms with Crippen molar-refractivity contribution in [2.75, 3.05) is 13.2 Å². The van der Waals surface area contributed by atoms with Crippen LogP contribution in [0.3, 0.4) is 0 Å². The Labute approximate surface area is 323 Å². The maximum atomic E-state index is 14.7. The quantitative estimate of drug-likeness (QED) is 0.0550. The van der Waals surface area contributed by atoms with Crippen molar-refractivity contribution in [3.8, 4) is 22.6 Å². The van der Waals surface area contributed by atoms with Gasteiger partial charge in [-0.05, 0) is 59.9 Å². The van der Waals surface area contributed by atoms with Crippen LogP contribution < -0.4 is 15.1 Å². The maximum absolute atomic E-state index is 14.7. The SMILES string of the molecule is CCCCCc1ccc(-c2cc3ccc(OCCC(F)(F)C(F)(F)C(F)(F)C(F)(F)CCOC(=O)C(CC(C)(C)C)C(C)(C)C)cc3oc2=O)c(OC(F)(F)F)c1. The van der Waals surface area contributed by atoms with E-state index in [1.165, 1.54) is 18.2 Å². The molecule has 0 saturated carbocycles. The lowest BCUT2D eigenvalue weighted by Crippen LogP contribution is -2.62. The van der Waals surface area contributed by atoms with Crippen LogP contribution in [0.2, 0.25) is 0 Å². The number of halogens is 11. The Bertz CT molecular complexity index is 1890. The van der Waals surface area contributed by atoms with Crippen LogP contribution in [-0.4, -0.2) is 49.2 Å². The van der Waals surface area contributed by atoms with Crippen molar-refractivity contribution >= 4 is 16.9 Å². The lowest BCUT2D eigenvalue weighted by atomic mass is 9.72. The normalized spacial score (nSPS) is 14.1. The molecule has 2 aromatic carbocycles. The Morgan fingerprint density at radius 2 is 1.33 bits per heavy atom. The minimum atomic E-state index is -6.61. The van der Waals surface area contributed by atoms with Gasteiger partial charge in [0.2, 0.25) is 0 Å². The molecule has 1 atom stereocenters. The zero-order valence-corrected chi connectivity index (χ0v) is 32.6. The molecule has 0 bridgehead atoms. The summed E-state index contributed by atoms with van der Waals surface area (Å²) in [6.45, 7) is 9.42. The van der Waals surface area contributed by atoms with E-state index in [-0.39, 0.29) is 28.5 Å². The molecule has 17 heteroatoms. The number of hydrogen-bond acceptors (Lipinski definition) is 6. The molecular weight excluding hydrogens is 785 g/mol. The van der Waals surface area contributed by atoms with Gasteiger partial charge in [-0.15, -0.1) is 13.2 Å². The monoisotopic (exact) mass is 832 g/mol. The molecule has 0 spiro atoms. The van der Waals surface area contributed by atoms with E-state index in [0.717, 1.165) is 37.1 Å². The number of esters is 1. The van der Waals surface area contributed by atoms with Gasteiger partial charge in [0.15, 0.2) is 0 Å². The van der Waals surface area contributed by atoms with E-state index in [1.807, 2.05) is 6.92 Å². The first-order valence-corrected chi connectivity index (χ1v) is 18.2. The summed E-state index contributed by atoms with van der Waals surface area (Å²) in [6, 6.07) is 8.30. The number of alkyl halides is 11. The smallest absolute Gasteiger partial charge is 0.493 e. The molecule has 3 rings (SSSR count). The van der Waals surface area contributed by atoms with E-state index >= 15 is 0 Å². The van der Waals surface area contributed by atoms with Crippen LogP contribution in [0.5, 0.6) is 11.5 Å². The zero-order valence-electron chi connectivity index (χ0n) is 32.6. The van der Waals surface area contributed by atoms with Crippen LogP contribution in [0.1, 0.15) is 92.6 Å². The molecule has 6 nitrogen and oxygen atoms in total. The van der Waals surface area contributed by atoms with Crippen LogP contribution in [0.25, 0.3) is 22.1 Å². The Morgan fingerprint density at radius 1 is 0.737 bits per heavy atom. The summed E-state index contributed by atoms with van der Waals surface area (Å²) in [5.74, 6) is -27.7. The fourth-order valence-corrected chi connectivity index (χ4v) is 5.91. The maximum Gasteiger partial charge on any atom is 0.573 e. The Morgan fingerprint density at radius 3 is 1.88 bits per heavy atom. The van der Waals surface area contributed by atoms with Gasteiger partial charge in [-0.1, -0.05) is 73.4 Å². The van der Waals surface area contributed by atoms with E-state index in [1.54, 1.807) is 41.5 Å². The molecule has 0 N–H and O–H groups in total. The molecule has 1 unspecified atom stereocenters. The molecular formula is C40H47F11O6. The number of fused-ring (bicyclic) bond motifs is 1. The van der Waals surface area contributed by atoms with Crippen LogP contribution in [0.15, 0.2) is 51.7 Å². The molecule has 0 amide bonds. The average Bonchev–Trinajstić information content (AvgIpc) is 3.05. The first-order valence-electron chi connectivity index (χ1n) is 18.2. The fraction of sp³-hybridized carbons (Fsp3) is 0.600. The van der Waals surface area contributed by atoms with E-state index in [9.17, 15) is 57.9 Å². The minimum Gasteiger partial charge on any atom is -0.493 e. The molecule has 1 aromatic heterocycles. The van der Waals surface area contributed by atoms with Gasteiger partial charge >= 0.3 is 41.6 Å². The summed E-state index contributed by atoms with van der Waals surface area (Å²) in [6.07, 6.45) is -6.38. The number of benzene rings is 2. The first-order chi connectivity index (χ1) is 25.9. The molecule has 0 radical (unpaired) electrons. The van der Waals surface area contributed by atoms with Gasteiger partial charge in [0, 0.05) is 17.0 Å². The van der Waals surface area contributed by atoms with Gasteiger partial charge in [-0.2, -0.15) is 35.1 Å². The molecule has 0 fully saturated rings. The molecule has 320 valence electrons. The lowest BCUT2D eigenvalue weighted by molar-refractivity contribution is -0.369. The Balaban J connectivity index is 1.73. The fourth-order valence-electron chi connectivity index (χ4n) is 5.91. The highest BCUT2D eigenvalue weighted by Crippen LogP contribution is 2.54. The molecule has 57 heavy (non-hydrogen) atoms. The second-order valence-electron chi connectivity index (χ2n) is 16.2. The summed E-state index contributed by atoms with van der Waals surface area (Å²) in [5.41, 5.74) is -2.67. The third-order valence-electron chi connectivity index (χ3n) is 9.14. The van der Waals surface area contributed by atoms with E-state index < -0.39 is 95.9 Å². The van der Waals surface area contributed by atoms with Gasteiger partial charge < -0.3 is 18.6 Å². The highest BCUT2D eigenvalue weighted by atomic mass is 19.4. The van der Waals surface area contributed by atoms with Gasteiger partial charge in [-0.25, -0.2) is 4.79 Å². The van der Waals surface area contributed by atoms with Crippen LogP contribution >= 0.6 is 0 Å². The number of carbonyl (C=O) groups excluding carboxylic acids is 1. The third kappa shape index (κ3) is 12.0. The van der Waals surface area contributed by atoms with Crippen LogP contribution in [0.4, 0.5) is 48.3 Å². The standard InChI is InChI=1S/C40H47F11O6/c1-8-9-10-11-24-12-15-27(31(20-24)57-40(49,50)51)28-21-25-13-14-26(22-30(25)56-32(28)52)54-18-16-36(41,42)38(45,46)39(47,48)37(43,44)17-19-55-33(53)29(35(5,6)7)23-34(2,3)4/h12-15,20-22,29H,8-11,16-19,23H2,1-7H3. The van der Waals surface area contributed by atoms with E-state index in [2.05, 4.69) is 4.74 Å². The number of hydrogen-bond donors (Lipinski definition) is 0. The van der Waals surface area contributed by atoms with Crippen LogP contribution in [0, 0.1) is 16.7 Å². The van der Waals surface area contributed by atoms with Crippen LogP contribution in [-0.2, 0) is 16.0 Å². The molecule has 3 aromatic rings. The van der Waals surface area contributed by atoms with Gasteiger partial charge in [0.25, 0.3) is 0 Å². The Hall–Kier alpha value is -4.05. The minimum absolute atomic E-state index is 0.0921. The van der Waals surface area contributed by atoms with Gasteiger partial charge in [0.05, 0.1) is 37.5 Å². The van der Waals surface area contributed by atoms with Crippen molar-refractivity contribution in [2.45, 2.75) is 123 Å². The van der Waals surface area contributed by atoms with Gasteiger partial charge in [0.1, 0.15) is 17.1 Å². The van der Waals surface area contributed by atoms with Crippen molar-refractivity contribution in [1.29, 1.82) is 0 Å². The molecule has 1 heterocycles. The highest BCUT2D eigenvalue weighted by molar-refractivity contribution is 5.84. The summed E-state index contributed by atoms with van der Waals surface area (Å²) in [4.78, 5) is 25.6. The number of aryl methyl sites for hydroxylation is 1. The lowest BCUT2D eigenvalue weighted by Gasteiger charge is -2.37. The second-order valence-corrected chi connectivity index (χ2v) is 16.2. The summed E-state index contributed by atoms with van der Waals surface area (Å²) < 4.78 is 176. The number of ether oxygens (including phenoxy) is 3. The van der Waals surface area contributed by atoms with Crippen molar-refractivity contribution in [3.63, 3.8) is 0 Å². The molecule has 0 aliphatic rings. The Kier molecular flexibility index (Phi) is 14.5. The number of unbranched alkanes of at least 4 members (excludes halogenated alkanes) is 2. The zero-order chi connectivity index (χ0) is 43.4. The number of carbonyl (C=O) groups is 1. The summed E-state index contributed by atoms with van der Waals surface area (Å²) >= 11 is 0. The second kappa shape index (κ2) is 17.4. The summed E-state index contributed by atoms with van der Waals surface area (Å²) in [5, 5.41) is 0.0921. The number of rotatable bonds is 18. The molecule has 0 aliphatic carbocycles. The van der Waals surface area contributed by atoms with Crippen molar-refractivity contribution < 1.29 is 71.7 Å². The van der Waals surface area contributed by atoms with Crippen molar-refractivity contribution in [3.05, 3.63) is 58.4 Å². The third-order valence-corrected chi connectivity index (χ3v) is 9.14. The van der Waals surface area contributed by atoms with Crippen molar-refractivity contribution in [1.82, 2.24) is 0 Å². The largest absolute Gasteiger partial charge is 0.573 e. The molecule has 0 aliphatic heterocycles. The van der Waals surface area contributed by atoms with E-state index in [0.29, 0.717) is 18.4 Å². The van der Waals surface area contributed by atoms with E-state index in [4.69, 9.17) is 13.9 Å². The van der Waals surface area contributed by atoms with Gasteiger partial charge in [-0.3, -0.25) is 4.79 Å². The average molecular weight is 833 g/mol. The van der Waals surface area contributed by atoms with Crippen molar-refractivity contribution in [2.24, 2.45) is 16.7 Å².